The molecule has 0 saturated carbocycles. The van der Waals surface area contributed by atoms with Crippen LogP contribution in [0.1, 0.15) is 19.4 Å². The molecule has 0 fully saturated rings. The summed E-state index contributed by atoms with van der Waals surface area (Å²) in [6.07, 6.45) is 0. The Hall–Kier alpha value is -1.91. The third-order valence-corrected chi connectivity index (χ3v) is 4.58. The summed E-state index contributed by atoms with van der Waals surface area (Å²) in [5.74, 6) is -0.0437. The van der Waals surface area contributed by atoms with E-state index in [1.54, 1.807) is 0 Å². The molecule has 1 aromatic carbocycles. The molecule has 1 N–H and O–H groups in total. The van der Waals surface area contributed by atoms with Gasteiger partial charge in [-0.25, -0.2) is 8.42 Å². The van der Waals surface area contributed by atoms with Crippen molar-refractivity contribution in [1.29, 1.82) is 5.26 Å². The molecular weight excluding hydrogens is 290 g/mol. The van der Waals surface area contributed by atoms with Crippen LogP contribution in [0.3, 0.4) is 0 Å². The predicted molar refractivity (Wildman–Crippen MR) is 78.8 cm³/mol. The first kappa shape index (κ1) is 17.1. The van der Waals surface area contributed by atoms with Crippen molar-refractivity contribution in [2.75, 3.05) is 20.1 Å². The Morgan fingerprint density at radius 2 is 1.90 bits per heavy atom. The number of nitriles is 1. The van der Waals surface area contributed by atoms with E-state index in [4.69, 9.17) is 5.26 Å². The minimum atomic E-state index is -3.73. The molecule has 1 amide bonds. The molecule has 0 aliphatic carbocycles. The van der Waals surface area contributed by atoms with E-state index < -0.39 is 10.0 Å². The largest absolute Gasteiger partial charge is 0.355 e. The van der Waals surface area contributed by atoms with Crippen molar-refractivity contribution in [2.24, 2.45) is 5.92 Å². The summed E-state index contributed by atoms with van der Waals surface area (Å²) in [5, 5.41) is 11.4. The van der Waals surface area contributed by atoms with Gasteiger partial charge in [-0.1, -0.05) is 13.8 Å². The van der Waals surface area contributed by atoms with E-state index in [-0.39, 0.29) is 17.3 Å². The zero-order valence-corrected chi connectivity index (χ0v) is 13.1. The number of rotatable bonds is 6. The SMILES string of the molecule is CC(C)CNC(=O)CN(C)S(=O)(=O)c1ccc(C#N)cc1. The second-order valence-electron chi connectivity index (χ2n) is 5.10. The second kappa shape index (κ2) is 7.20. The summed E-state index contributed by atoms with van der Waals surface area (Å²) in [4.78, 5) is 11.7. The van der Waals surface area contributed by atoms with Crippen LogP contribution in [0.5, 0.6) is 0 Å². The van der Waals surface area contributed by atoms with Crippen LogP contribution < -0.4 is 5.32 Å². The number of benzene rings is 1. The fraction of sp³-hybridized carbons (Fsp3) is 0.429. The molecule has 0 radical (unpaired) electrons. The van der Waals surface area contributed by atoms with Crippen LogP contribution in [-0.4, -0.2) is 38.8 Å². The number of hydrogen-bond donors (Lipinski definition) is 1. The van der Waals surface area contributed by atoms with Gasteiger partial charge in [0.2, 0.25) is 15.9 Å². The highest BCUT2D eigenvalue weighted by Gasteiger charge is 2.22. The maximum absolute atomic E-state index is 12.3. The summed E-state index contributed by atoms with van der Waals surface area (Å²) < 4.78 is 25.5. The van der Waals surface area contributed by atoms with Gasteiger partial charge < -0.3 is 5.32 Å². The molecule has 1 aromatic rings. The molecule has 0 unspecified atom stereocenters. The van der Waals surface area contributed by atoms with Crippen LogP contribution >= 0.6 is 0 Å². The van der Waals surface area contributed by atoms with Gasteiger partial charge in [0.05, 0.1) is 23.1 Å². The van der Waals surface area contributed by atoms with Crippen molar-refractivity contribution in [1.82, 2.24) is 9.62 Å². The highest BCUT2D eigenvalue weighted by atomic mass is 32.2. The first-order valence-electron chi connectivity index (χ1n) is 6.50. The molecule has 0 saturated heterocycles. The Morgan fingerprint density at radius 3 is 2.38 bits per heavy atom. The number of nitrogens with zero attached hydrogens (tertiary/aromatic N) is 2. The normalized spacial score (nSPS) is 11.4. The van der Waals surface area contributed by atoms with Crippen molar-refractivity contribution in [3.05, 3.63) is 29.8 Å². The molecule has 0 heterocycles. The summed E-state index contributed by atoms with van der Waals surface area (Å²) in [6, 6.07) is 7.50. The Kier molecular flexibility index (Phi) is 5.88. The van der Waals surface area contributed by atoms with E-state index in [1.165, 1.54) is 31.3 Å². The lowest BCUT2D eigenvalue weighted by molar-refractivity contribution is -0.121. The van der Waals surface area contributed by atoms with Gasteiger partial charge in [-0.05, 0) is 30.2 Å². The minimum absolute atomic E-state index is 0.0562. The maximum Gasteiger partial charge on any atom is 0.243 e. The summed E-state index contributed by atoms with van der Waals surface area (Å²) in [6.45, 7) is 4.17. The number of nitrogens with one attached hydrogen (secondary N) is 1. The van der Waals surface area contributed by atoms with E-state index in [9.17, 15) is 13.2 Å². The van der Waals surface area contributed by atoms with Crippen LogP contribution in [0, 0.1) is 17.2 Å². The molecule has 0 aliphatic heterocycles. The van der Waals surface area contributed by atoms with Gasteiger partial charge in [-0.3, -0.25) is 4.79 Å². The van der Waals surface area contributed by atoms with Gasteiger partial charge in [0.15, 0.2) is 0 Å². The Labute approximate surface area is 125 Å². The van der Waals surface area contributed by atoms with Gasteiger partial charge in [-0.15, -0.1) is 0 Å². The lowest BCUT2D eigenvalue weighted by atomic mass is 10.2. The number of amides is 1. The zero-order chi connectivity index (χ0) is 16.0. The Morgan fingerprint density at radius 1 is 1.33 bits per heavy atom. The Balaban J connectivity index is 2.77. The molecule has 1 rings (SSSR count). The average molecular weight is 309 g/mol. The zero-order valence-electron chi connectivity index (χ0n) is 12.3. The van der Waals surface area contributed by atoms with Gasteiger partial charge >= 0.3 is 0 Å². The monoisotopic (exact) mass is 309 g/mol. The lowest BCUT2D eigenvalue weighted by Gasteiger charge is -2.17. The number of hydrogen-bond acceptors (Lipinski definition) is 4. The maximum atomic E-state index is 12.3. The highest BCUT2D eigenvalue weighted by molar-refractivity contribution is 7.89. The van der Waals surface area contributed by atoms with E-state index in [0.29, 0.717) is 18.0 Å². The first-order valence-corrected chi connectivity index (χ1v) is 7.94. The van der Waals surface area contributed by atoms with E-state index >= 15 is 0 Å². The van der Waals surface area contributed by atoms with Crippen molar-refractivity contribution < 1.29 is 13.2 Å². The minimum Gasteiger partial charge on any atom is -0.355 e. The average Bonchev–Trinajstić information content (AvgIpc) is 2.45. The second-order valence-corrected chi connectivity index (χ2v) is 7.14. The van der Waals surface area contributed by atoms with Crippen LogP contribution in [0.2, 0.25) is 0 Å². The standard InChI is InChI=1S/C14H19N3O3S/c1-11(2)9-16-14(18)10-17(3)21(19,20)13-6-4-12(8-15)5-7-13/h4-7,11H,9-10H2,1-3H3,(H,16,18). The number of carbonyl (C=O) groups excluding carboxylic acids is 1. The van der Waals surface area contributed by atoms with Gasteiger partial charge in [0.1, 0.15) is 0 Å². The van der Waals surface area contributed by atoms with Gasteiger partial charge in [0, 0.05) is 13.6 Å². The third-order valence-electron chi connectivity index (χ3n) is 2.77. The fourth-order valence-corrected chi connectivity index (χ4v) is 2.67. The first-order chi connectivity index (χ1) is 9.77. The Bertz CT molecular complexity index is 630. The number of carbonyl (C=O) groups is 1. The lowest BCUT2D eigenvalue weighted by Crippen LogP contribution is -2.39. The summed E-state index contributed by atoms with van der Waals surface area (Å²) in [7, 11) is -2.38. The van der Waals surface area contributed by atoms with Crippen molar-refractivity contribution in [3.63, 3.8) is 0 Å². The molecule has 6 nitrogen and oxygen atoms in total. The van der Waals surface area contributed by atoms with Crippen LogP contribution in [0.4, 0.5) is 0 Å². The van der Waals surface area contributed by atoms with Crippen molar-refractivity contribution in [2.45, 2.75) is 18.7 Å². The number of sulfonamides is 1. The summed E-state index contributed by atoms with van der Waals surface area (Å²) in [5.41, 5.74) is 0.381. The predicted octanol–water partition coefficient (Wildman–Crippen LogP) is 0.951. The molecule has 0 bridgehead atoms. The van der Waals surface area contributed by atoms with Crippen LogP contribution in [0.25, 0.3) is 0 Å². The number of likely N-dealkylation sites (N-methyl/N-ethyl adjacent to an activating group) is 1. The van der Waals surface area contributed by atoms with E-state index in [0.717, 1.165) is 4.31 Å². The molecule has 21 heavy (non-hydrogen) atoms. The highest BCUT2D eigenvalue weighted by Crippen LogP contribution is 2.14. The molecule has 114 valence electrons. The molecule has 0 spiro atoms. The topological polar surface area (TPSA) is 90.3 Å². The van der Waals surface area contributed by atoms with E-state index in [1.807, 2.05) is 19.9 Å². The molecular formula is C14H19N3O3S. The molecule has 0 atom stereocenters. The van der Waals surface area contributed by atoms with Gasteiger partial charge in [-0.2, -0.15) is 9.57 Å². The van der Waals surface area contributed by atoms with Crippen molar-refractivity contribution in [3.8, 4) is 6.07 Å². The smallest absolute Gasteiger partial charge is 0.243 e. The molecule has 0 aromatic heterocycles. The van der Waals surface area contributed by atoms with Crippen molar-refractivity contribution >= 4 is 15.9 Å². The van der Waals surface area contributed by atoms with Crippen LogP contribution in [0.15, 0.2) is 29.2 Å². The van der Waals surface area contributed by atoms with Crippen LogP contribution in [-0.2, 0) is 14.8 Å². The molecule has 0 aliphatic rings. The summed E-state index contributed by atoms with van der Waals surface area (Å²) >= 11 is 0. The fourth-order valence-electron chi connectivity index (χ4n) is 1.54. The third kappa shape index (κ3) is 4.85. The molecule has 7 heteroatoms. The van der Waals surface area contributed by atoms with Gasteiger partial charge in [0.25, 0.3) is 0 Å². The van der Waals surface area contributed by atoms with E-state index in [2.05, 4.69) is 5.32 Å². The quantitative estimate of drug-likeness (QED) is 0.847.